The number of benzene rings is 1. The Bertz CT molecular complexity index is 651. The lowest BCUT2D eigenvalue weighted by atomic mass is 10.3. The Morgan fingerprint density at radius 2 is 2.17 bits per heavy atom. The fourth-order valence-electron chi connectivity index (χ4n) is 1.25. The summed E-state index contributed by atoms with van der Waals surface area (Å²) in [6.07, 6.45) is 1.73. The van der Waals surface area contributed by atoms with Crippen molar-refractivity contribution in [3.8, 4) is 0 Å². The van der Waals surface area contributed by atoms with Gasteiger partial charge in [0.05, 0.1) is 10.2 Å². The second-order valence-corrected chi connectivity index (χ2v) is 5.24. The van der Waals surface area contributed by atoms with Gasteiger partial charge in [0.1, 0.15) is 0 Å². The Morgan fingerprint density at radius 3 is 2.89 bits per heavy atom. The van der Waals surface area contributed by atoms with Crippen molar-refractivity contribution < 1.29 is 14.7 Å². The van der Waals surface area contributed by atoms with Crippen LogP contribution in [0, 0.1) is 0 Å². The molecule has 92 valence electrons. The lowest BCUT2D eigenvalue weighted by Crippen LogP contribution is -2.08. The van der Waals surface area contributed by atoms with E-state index in [4.69, 9.17) is 5.11 Å². The average Bonchev–Trinajstić information content (AvgIpc) is 2.67. The molecule has 0 aliphatic heterocycles. The normalized spacial score (nSPS) is 10.9. The molecule has 0 radical (unpaired) electrons. The zero-order valence-corrected chi connectivity index (χ0v) is 11.3. The number of amides is 1. The number of carbonyl (C=O) groups excluding carboxylic acids is 1. The quantitative estimate of drug-likeness (QED) is 0.850. The van der Waals surface area contributed by atoms with Crippen molar-refractivity contribution in [2.75, 3.05) is 5.32 Å². The number of rotatable bonds is 3. The van der Waals surface area contributed by atoms with Crippen molar-refractivity contribution in [2.45, 2.75) is 0 Å². The molecule has 0 spiro atoms. The van der Waals surface area contributed by atoms with Gasteiger partial charge < -0.3 is 5.11 Å². The van der Waals surface area contributed by atoms with Gasteiger partial charge in [0.15, 0.2) is 5.13 Å². The maximum atomic E-state index is 11.4. The van der Waals surface area contributed by atoms with Crippen LogP contribution in [0.15, 0.2) is 34.8 Å². The van der Waals surface area contributed by atoms with Gasteiger partial charge in [-0.1, -0.05) is 27.3 Å². The summed E-state index contributed by atoms with van der Waals surface area (Å²) in [7, 11) is 0. The number of nitrogens with one attached hydrogen (secondary N) is 1. The van der Waals surface area contributed by atoms with Crippen LogP contribution in [0.2, 0.25) is 0 Å². The first-order valence-electron chi connectivity index (χ1n) is 4.83. The zero-order chi connectivity index (χ0) is 13.1. The predicted molar refractivity (Wildman–Crippen MR) is 72.7 cm³/mol. The number of carbonyl (C=O) groups is 2. The van der Waals surface area contributed by atoms with Gasteiger partial charge in [-0.15, -0.1) is 0 Å². The van der Waals surface area contributed by atoms with Gasteiger partial charge in [-0.3, -0.25) is 10.1 Å². The minimum atomic E-state index is -1.17. The number of aliphatic carboxylic acids is 1. The number of carboxylic acid groups (broad SMARTS) is 1. The minimum Gasteiger partial charge on any atom is -0.478 e. The second-order valence-electron chi connectivity index (χ2n) is 3.29. The maximum Gasteiger partial charge on any atom is 0.328 e. The predicted octanol–water partition coefficient (Wildman–Crippen LogP) is 2.64. The zero-order valence-electron chi connectivity index (χ0n) is 8.88. The van der Waals surface area contributed by atoms with Crippen molar-refractivity contribution in [1.29, 1.82) is 0 Å². The van der Waals surface area contributed by atoms with Gasteiger partial charge in [0.25, 0.3) is 0 Å². The van der Waals surface area contributed by atoms with Gasteiger partial charge >= 0.3 is 5.97 Å². The molecule has 18 heavy (non-hydrogen) atoms. The van der Waals surface area contributed by atoms with E-state index in [1.54, 1.807) is 0 Å². The molecule has 2 aromatic rings. The van der Waals surface area contributed by atoms with Crippen LogP contribution in [0.5, 0.6) is 0 Å². The highest BCUT2D eigenvalue weighted by molar-refractivity contribution is 9.10. The average molecular weight is 327 g/mol. The molecule has 7 heteroatoms. The molecule has 2 N–H and O–H groups in total. The molecule has 0 aliphatic carbocycles. The van der Waals surface area contributed by atoms with E-state index < -0.39 is 11.9 Å². The Labute approximate surface area is 114 Å². The molecule has 1 amide bonds. The summed E-state index contributed by atoms with van der Waals surface area (Å²) in [5.74, 6) is -1.69. The van der Waals surface area contributed by atoms with E-state index in [9.17, 15) is 9.59 Å². The first-order chi connectivity index (χ1) is 8.54. The highest BCUT2D eigenvalue weighted by atomic mass is 79.9. The lowest BCUT2D eigenvalue weighted by Gasteiger charge is -1.93. The Kier molecular flexibility index (Phi) is 3.73. The van der Waals surface area contributed by atoms with Crippen molar-refractivity contribution >= 4 is 54.5 Å². The molecule has 0 atom stereocenters. The van der Waals surface area contributed by atoms with Crippen LogP contribution in [0.25, 0.3) is 10.2 Å². The molecule has 2 rings (SSSR count). The van der Waals surface area contributed by atoms with E-state index in [2.05, 4.69) is 26.2 Å². The smallest absolute Gasteiger partial charge is 0.328 e. The van der Waals surface area contributed by atoms with E-state index in [-0.39, 0.29) is 0 Å². The monoisotopic (exact) mass is 326 g/mol. The van der Waals surface area contributed by atoms with Crippen LogP contribution >= 0.6 is 27.3 Å². The van der Waals surface area contributed by atoms with Gasteiger partial charge in [-0.25, -0.2) is 9.78 Å². The van der Waals surface area contributed by atoms with Crippen LogP contribution in [-0.2, 0) is 9.59 Å². The summed E-state index contributed by atoms with van der Waals surface area (Å²) in [6.45, 7) is 0. The third-order valence-electron chi connectivity index (χ3n) is 1.96. The first kappa shape index (κ1) is 12.7. The van der Waals surface area contributed by atoms with Crippen molar-refractivity contribution in [2.24, 2.45) is 0 Å². The number of thiazole rings is 1. The van der Waals surface area contributed by atoms with Crippen LogP contribution in [0.4, 0.5) is 5.13 Å². The third kappa shape index (κ3) is 3.14. The van der Waals surface area contributed by atoms with Gasteiger partial charge in [0.2, 0.25) is 5.91 Å². The van der Waals surface area contributed by atoms with E-state index >= 15 is 0 Å². The van der Waals surface area contributed by atoms with Crippen LogP contribution in [-0.4, -0.2) is 22.0 Å². The molecule has 1 aromatic carbocycles. The molecule has 0 saturated heterocycles. The number of fused-ring (bicyclic) bond motifs is 1. The number of carboxylic acids is 1. The lowest BCUT2D eigenvalue weighted by molar-refractivity contribution is -0.131. The van der Waals surface area contributed by atoms with Crippen LogP contribution < -0.4 is 5.32 Å². The molecule has 1 aromatic heterocycles. The van der Waals surface area contributed by atoms with Crippen molar-refractivity contribution in [1.82, 2.24) is 4.98 Å². The Hall–Kier alpha value is -1.73. The second kappa shape index (κ2) is 5.28. The summed E-state index contributed by atoms with van der Waals surface area (Å²) in [5.41, 5.74) is 0.778. The molecule has 0 unspecified atom stereocenters. The minimum absolute atomic E-state index is 0.433. The fourth-order valence-corrected chi connectivity index (χ4v) is 2.67. The largest absolute Gasteiger partial charge is 0.478 e. The Morgan fingerprint density at radius 1 is 1.39 bits per heavy atom. The third-order valence-corrected chi connectivity index (χ3v) is 3.38. The molecular weight excluding hydrogens is 320 g/mol. The molecule has 0 fully saturated rings. The summed E-state index contributed by atoms with van der Waals surface area (Å²) in [6, 6.07) is 5.59. The molecule has 0 aliphatic rings. The highest BCUT2D eigenvalue weighted by Crippen LogP contribution is 2.28. The van der Waals surface area contributed by atoms with Gasteiger partial charge in [0, 0.05) is 16.6 Å². The number of halogens is 1. The summed E-state index contributed by atoms with van der Waals surface area (Å²) in [5, 5.41) is 11.3. The van der Waals surface area contributed by atoms with Crippen LogP contribution in [0.1, 0.15) is 0 Å². The fraction of sp³-hybridized carbons (Fsp3) is 0. The van der Waals surface area contributed by atoms with E-state index in [0.717, 1.165) is 26.8 Å². The number of hydrogen-bond donors (Lipinski definition) is 2. The standard InChI is InChI=1S/C11H7BrN2O3S/c12-6-1-2-7-8(5-6)18-11(13-7)14-9(15)3-4-10(16)17/h1-5H,(H,16,17)(H,13,14,15)/b4-3+. The molecular formula is C11H7BrN2O3S. The number of aromatic nitrogens is 1. The summed E-state index contributed by atoms with van der Waals surface area (Å²) in [4.78, 5) is 25.8. The number of nitrogens with zero attached hydrogens (tertiary/aromatic N) is 1. The highest BCUT2D eigenvalue weighted by Gasteiger charge is 2.06. The van der Waals surface area contributed by atoms with Gasteiger partial charge in [-0.05, 0) is 18.2 Å². The van der Waals surface area contributed by atoms with Gasteiger partial charge in [-0.2, -0.15) is 0 Å². The van der Waals surface area contributed by atoms with E-state index in [1.165, 1.54) is 11.3 Å². The van der Waals surface area contributed by atoms with Crippen molar-refractivity contribution in [3.05, 3.63) is 34.8 Å². The number of hydrogen-bond acceptors (Lipinski definition) is 4. The van der Waals surface area contributed by atoms with E-state index in [0.29, 0.717) is 5.13 Å². The summed E-state index contributed by atoms with van der Waals surface area (Å²) >= 11 is 4.67. The van der Waals surface area contributed by atoms with Crippen molar-refractivity contribution in [3.63, 3.8) is 0 Å². The Balaban J connectivity index is 2.17. The maximum absolute atomic E-state index is 11.4. The summed E-state index contributed by atoms with van der Waals surface area (Å²) < 4.78 is 1.86. The first-order valence-corrected chi connectivity index (χ1v) is 6.43. The SMILES string of the molecule is O=C(O)/C=C/C(=O)Nc1nc2ccc(Br)cc2s1. The molecule has 5 nitrogen and oxygen atoms in total. The molecule has 1 heterocycles. The topological polar surface area (TPSA) is 79.3 Å². The molecule has 0 saturated carbocycles. The van der Waals surface area contributed by atoms with E-state index in [1.807, 2.05) is 18.2 Å². The van der Waals surface area contributed by atoms with Crippen LogP contribution in [0.3, 0.4) is 0 Å². The molecule has 0 bridgehead atoms. The number of anilines is 1.